The fourth-order valence-electron chi connectivity index (χ4n) is 2.23. The number of fused-ring (bicyclic) bond motifs is 1. The van der Waals surface area contributed by atoms with Crippen molar-refractivity contribution in [2.24, 2.45) is 0 Å². The molecule has 0 bridgehead atoms. The van der Waals surface area contributed by atoms with Crippen molar-refractivity contribution < 1.29 is 14.3 Å². The van der Waals surface area contributed by atoms with Crippen LogP contribution < -0.4 is 14.8 Å². The van der Waals surface area contributed by atoms with E-state index in [9.17, 15) is 4.79 Å². The Hall–Kier alpha value is -3.52. The van der Waals surface area contributed by atoms with Crippen LogP contribution in [0.3, 0.4) is 0 Å². The molecule has 1 amide bonds. The zero-order valence-electron chi connectivity index (χ0n) is 14.1. The number of amides is 1. The number of carbonyl (C=O) groups is 1. The lowest BCUT2D eigenvalue weighted by molar-refractivity contribution is -0.122. The first-order valence-electron chi connectivity index (χ1n) is 8.19. The summed E-state index contributed by atoms with van der Waals surface area (Å²) >= 11 is 0. The summed E-state index contributed by atoms with van der Waals surface area (Å²) in [5.74, 6) is 6.86. The average Bonchev–Trinajstić information content (AvgIpc) is 2.69. The van der Waals surface area contributed by atoms with E-state index in [0.29, 0.717) is 11.5 Å². The maximum atomic E-state index is 11.7. The molecule has 0 fully saturated rings. The maximum Gasteiger partial charge on any atom is 0.258 e. The summed E-state index contributed by atoms with van der Waals surface area (Å²) in [6.07, 6.45) is 1.75. The van der Waals surface area contributed by atoms with Crippen LogP contribution in [0.4, 0.5) is 0 Å². The van der Waals surface area contributed by atoms with Crippen LogP contribution in [0.2, 0.25) is 0 Å². The molecule has 26 heavy (non-hydrogen) atoms. The molecule has 0 aliphatic carbocycles. The first-order chi connectivity index (χ1) is 12.8. The molecule has 5 heteroatoms. The van der Waals surface area contributed by atoms with E-state index in [4.69, 9.17) is 9.47 Å². The summed E-state index contributed by atoms with van der Waals surface area (Å²) in [5.41, 5.74) is 0.878. The molecule has 0 aliphatic heterocycles. The van der Waals surface area contributed by atoms with Crippen LogP contribution in [-0.2, 0) is 4.79 Å². The van der Waals surface area contributed by atoms with Crippen LogP contribution in [0, 0.1) is 11.8 Å². The van der Waals surface area contributed by atoms with E-state index in [-0.39, 0.29) is 25.7 Å². The topological polar surface area (TPSA) is 60.5 Å². The molecule has 0 aliphatic rings. The molecule has 0 unspecified atom stereocenters. The van der Waals surface area contributed by atoms with Crippen molar-refractivity contribution in [2.45, 2.75) is 0 Å². The third-order valence-electron chi connectivity index (χ3n) is 3.50. The van der Waals surface area contributed by atoms with Crippen LogP contribution in [0.25, 0.3) is 10.9 Å². The molecule has 1 aromatic heterocycles. The quantitative estimate of drug-likeness (QED) is 0.697. The lowest BCUT2D eigenvalue weighted by atomic mass is 10.2. The van der Waals surface area contributed by atoms with E-state index in [2.05, 4.69) is 22.1 Å². The Balaban J connectivity index is 1.36. The second kappa shape index (κ2) is 9.09. The normalized spacial score (nSPS) is 9.85. The van der Waals surface area contributed by atoms with E-state index in [1.165, 1.54) is 0 Å². The monoisotopic (exact) mass is 346 g/mol. The summed E-state index contributed by atoms with van der Waals surface area (Å²) in [7, 11) is 0. The Morgan fingerprint density at radius 2 is 1.85 bits per heavy atom. The minimum absolute atomic E-state index is 0.0354. The number of benzene rings is 2. The van der Waals surface area contributed by atoms with Crippen molar-refractivity contribution in [3.63, 3.8) is 0 Å². The average molecular weight is 346 g/mol. The lowest BCUT2D eigenvalue weighted by Crippen LogP contribution is -2.29. The zero-order valence-corrected chi connectivity index (χ0v) is 14.1. The molecule has 3 aromatic rings. The summed E-state index contributed by atoms with van der Waals surface area (Å²) < 4.78 is 10.9. The van der Waals surface area contributed by atoms with Crippen molar-refractivity contribution in [3.05, 3.63) is 66.9 Å². The molecule has 2 aromatic carbocycles. The van der Waals surface area contributed by atoms with Crippen molar-refractivity contribution in [1.29, 1.82) is 0 Å². The van der Waals surface area contributed by atoms with E-state index < -0.39 is 0 Å². The predicted molar refractivity (Wildman–Crippen MR) is 100.0 cm³/mol. The Labute approximate surface area is 152 Å². The van der Waals surface area contributed by atoms with E-state index in [1.54, 1.807) is 18.3 Å². The summed E-state index contributed by atoms with van der Waals surface area (Å²) in [6.45, 7) is 0.459. The molecule has 1 N–H and O–H groups in total. The van der Waals surface area contributed by atoms with Gasteiger partial charge in [-0.3, -0.25) is 9.78 Å². The van der Waals surface area contributed by atoms with Gasteiger partial charge in [-0.25, -0.2) is 0 Å². The molecule has 0 saturated heterocycles. The van der Waals surface area contributed by atoms with Gasteiger partial charge in [-0.2, -0.15) is 0 Å². The van der Waals surface area contributed by atoms with Gasteiger partial charge in [0.05, 0.1) is 12.1 Å². The van der Waals surface area contributed by atoms with Crippen molar-refractivity contribution in [2.75, 3.05) is 19.8 Å². The van der Waals surface area contributed by atoms with E-state index in [1.807, 2.05) is 48.5 Å². The molecule has 130 valence electrons. The predicted octanol–water partition coefficient (Wildman–Crippen LogP) is 2.81. The molecule has 3 rings (SSSR count). The number of aromatic nitrogens is 1. The first-order valence-corrected chi connectivity index (χ1v) is 8.19. The fourth-order valence-corrected chi connectivity index (χ4v) is 2.23. The van der Waals surface area contributed by atoms with Crippen molar-refractivity contribution >= 4 is 16.8 Å². The van der Waals surface area contributed by atoms with Crippen molar-refractivity contribution in [1.82, 2.24) is 10.3 Å². The van der Waals surface area contributed by atoms with Gasteiger partial charge in [-0.05, 0) is 30.3 Å². The molecular weight excluding hydrogens is 328 g/mol. The number of hydrogen-bond donors (Lipinski definition) is 1. The van der Waals surface area contributed by atoms with Crippen LogP contribution >= 0.6 is 0 Å². The maximum absolute atomic E-state index is 11.7. The minimum Gasteiger partial charge on any atom is -0.484 e. The summed E-state index contributed by atoms with van der Waals surface area (Å²) in [4.78, 5) is 15.9. The second-order valence-electron chi connectivity index (χ2n) is 5.38. The highest BCUT2D eigenvalue weighted by atomic mass is 16.5. The third-order valence-corrected chi connectivity index (χ3v) is 3.50. The largest absolute Gasteiger partial charge is 0.484 e. The molecule has 0 saturated carbocycles. The van der Waals surface area contributed by atoms with Gasteiger partial charge in [0.15, 0.2) is 6.61 Å². The Morgan fingerprint density at radius 1 is 0.962 bits per heavy atom. The summed E-state index contributed by atoms with van der Waals surface area (Å²) in [5, 5.41) is 3.73. The van der Waals surface area contributed by atoms with Gasteiger partial charge in [-0.1, -0.05) is 36.1 Å². The van der Waals surface area contributed by atoms with Crippen LogP contribution in [0.1, 0.15) is 0 Å². The number of pyridine rings is 1. The highest BCUT2D eigenvalue weighted by molar-refractivity contribution is 5.79. The number of para-hydroxylation sites is 1. The SMILES string of the molecule is O=C(COc1ccccc1)NCC#CCOc1ccc2cccnc2c1. The van der Waals surface area contributed by atoms with Gasteiger partial charge in [0.1, 0.15) is 18.1 Å². The summed E-state index contributed by atoms with van der Waals surface area (Å²) in [6, 6.07) is 18.8. The zero-order chi connectivity index (χ0) is 18.0. The highest BCUT2D eigenvalue weighted by Gasteiger charge is 2.00. The van der Waals surface area contributed by atoms with Gasteiger partial charge < -0.3 is 14.8 Å². The number of nitrogens with one attached hydrogen (secondary N) is 1. The molecule has 1 heterocycles. The second-order valence-corrected chi connectivity index (χ2v) is 5.38. The lowest BCUT2D eigenvalue weighted by Gasteiger charge is -2.05. The Bertz CT molecular complexity index is 930. The van der Waals surface area contributed by atoms with Gasteiger partial charge >= 0.3 is 0 Å². The fraction of sp³-hybridized carbons (Fsp3) is 0.143. The number of hydrogen-bond acceptors (Lipinski definition) is 4. The number of ether oxygens (including phenoxy) is 2. The first kappa shape index (κ1) is 17.3. The smallest absolute Gasteiger partial charge is 0.258 e. The van der Waals surface area contributed by atoms with Crippen LogP contribution in [0.15, 0.2) is 66.9 Å². The van der Waals surface area contributed by atoms with Gasteiger partial charge in [0, 0.05) is 17.6 Å². The van der Waals surface area contributed by atoms with Crippen molar-refractivity contribution in [3.8, 4) is 23.3 Å². The van der Waals surface area contributed by atoms with Gasteiger partial charge in [0.25, 0.3) is 5.91 Å². The molecule has 5 nitrogen and oxygen atoms in total. The highest BCUT2D eigenvalue weighted by Crippen LogP contribution is 2.18. The van der Waals surface area contributed by atoms with E-state index >= 15 is 0 Å². The molecule has 0 spiro atoms. The van der Waals surface area contributed by atoms with Crippen LogP contribution in [-0.4, -0.2) is 30.6 Å². The molecular formula is C21H18N2O3. The number of nitrogens with zero attached hydrogens (tertiary/aromatic N) is 1. The number of carbonyl (C=O) groups excluding carboxylic acids is 1. The van der Waals surface area contributed by atoms with Gasteiger partial charge in [-0.15, -0.1) is 0 Å². The Kier molecular flexibility index (Phi) is 6.05. The standard InChI is InChI=1S/C21H18N2O3/c24-21(16-26-18-8-2-1-3-9-18)23-12-4-5-14-25-19-11-10-17-7-6-13-22-20(17)15-19/h1-3,6-11,13,15H,12,14,16H2,(H,23,24). The number of rotatable bonds is 6. The van der Waals surface area contributed by atoms with Gasteiger partial charge in [0.2, 0.25) is 0 Å². The molecule has 0 atom stereocenters. The van der Waals surface area contributed by atoms with Crippen LogP contribution in [0.5, 0.6) is 11.5 Å². The molecule has 0 radical (unpaired) electrons. The Morgan fingerprint density at radius 3 is 2.73 bits per heavy atom. The third kappa shape index (κ3) is 5.25. The minimum atomic E-state index is -0.218. The van der Waals surface area contributed by atoms with E-state index in [0.717, 1.165) is 10.9 Å².